The fourth-order valence-electron chi connectivity index (χ4n) is 3.87. The Kier molecular flexibility index (Phi) is 11.0. The molecule has 1 amide bonds. The van der Waals surface area contributed by atoms with Crippen LogP contribution in [0.4, 0.5) is 36.8 Å². The Morgan fingerprint density at radius 1 is 1.02 bits per heavy atom. The second kappa shape index (κ2) is 14.1. The van der Waals surface area contributed by atoms with Gasteiger partial charge in [0, 0.05) is 6.42 Å². The summed E-state index contributed by atoms with van der Waals surface area (Å²) in [4.78, 5) is 16.4. The lowest BCUT2D eigenvalue weighted by Crippen LogP contribution is -2.45. The first kappa shape index (κ1) is 35.1. The molecule has 1 N–H and O–H groups in total. The molecule has 15 heteroatoms. The van der Waals surface area contributed by atoms with Gasteiger partial charge in [-0.3, -0.25) is 5.32 Å². The third-order valence-electron chi connectivity index (χ3n) is 5.91. The van der Waals surface area contributed by atoms with Crippen molar-refractivity contribution < 1.29 is 49.8 Å². The number of aromatic nitrogens is 3. The highest BCUT2D eigenvalue weighted by atomic mass is 19.4. The summed E-state index contributed by atoms with van der Waals surface area (Å²) >= 11 is 0. The zero-order chi connectivity index (χ0) is 33.5. The lowest BCUT2D eigenvalue weighted by molar-refractivity contribution is -0.295. The van der Waals surface area contributed by atoms with E-state index in [0.29, 0.717) is 18.1 Å². The third kappa shape index (κ3) is 9.06. The summed E-state index contributed by atoms with van der Waals surface area (Å²) in [6.45, 7) is 10.8. The average molecular weight is 643 g/mol. The number of benzene rings is 1. The van der Waals surface area contributed by atoms with Gasteiger partial charge in [-0.15, -0.1) is 23.4 Å². The highest BCUT2D eigenvalue weighted by Gasteiger charge is 2.61. The van der Waals surface area contributed by atoms with Gasteiger partial charge in [-0.1, -0.05) is 42.5 Å². The molecule has 0 aliphatic rings. The second-order valence-electron chi connectivity index (χ2n) is 10.6. The maximum absolute atomic E-state index is 14.7. The number of halogens is 6. The quantitative estimate of drug-likeness (QED) is 0.113. The molecule has 0 aliphatic heterocycles. The number of alkyl halides is 6. The van der Waals surface area contributed by atoms with Crippen LogP contribution < -0.4 is 10.1 Å². The fourth-order valence-corrected chi connectivity index (χ4v) is 3.87. The van der Waals surface area contributed by atoms with E-state index in [1.54, 1.807) is 30.3 Å². The first-order valence-corrected chi connectivity index (χ1v) is 13.6. The highest BCUT2D eigenvalue weighted by molar-refractivity contribution is 5.89. The van der Waals surface area contributed by atoms with Crippen LogP contribution in [0.15, 0.2) is 66.1 Å². The Balaban J connectivity index is 2.17. The molecule has 0 bridgehead atoms. The van der Waals surface area contributed by atoms with Crippen molar-refractivity contribution in [2.24, 2.45) is 0 Å². The SMILES string of the molecule is C=CCCCOc1nc(-c2nnc([C@@](CC=C)(OCc3ccccc3)C(F)(F)F)o2)c(NC(=O)OC(C)(C)C)cc1C(F)(F)F. The van der Waals surface area contributed by atoms with E-state index in [1.165, 1.54) is 26.8 Å². The van der Waals surface area contributed by atoms with Crippen LogP contribution in [0.3, 0.4) is 0 Å². The maximum atomic E-state index is 14.7. The standard InChI is InChI=1S/C30H32F6N4O5/c1-6-8-12-16-42-23-20(29(31,32)33)17-21(37-26(41)45-27(3,4)5)22(38-23)24-39-40-25(44-24)28(15-7-2,30(34,35)36)43-18-19-13-10-9-11-14-19/h6-7,9-11,13-14,17H,1-2,8,12,15-16,18H2,3-5H3,(H,37,41)/t28-/m1/s1. The number of pyridine rings is 1. The van der Waals surface area contributed by atoms with Crippen LogP contribution in [0.5, 0.6) is 5.88 Å². The van der Waals surface area contributed by atoms with Crippen LogP contribution in [0.2, 0.25) is 0 Å². The van der Waals surface area contributed by atoms with E-state index in [4.69, 9.17) is 18.6 Å². The zero-order valence-electron chi connectivity index (χ0n) is 24.7. The Hall–Kier alpha value is -4.40. The van der Waals surface area contributed by atoms with E-state index in [9.17, 15) is 31.1 Å². The largest absolute Gasteiger partial charge is 0.477 e. The van der Waals surface area contributed by atoms with Gasteiger partial charge in [0.2, 0.25) is 11.5 Å². The van der Waals surface area contributed by atoms with E-state index in [2.05, 4.69) is 33.7 Å². The molecule has 45 heavy (non-hydrogen) atoms. The van der Waals surface area contributed by atoms with E-state index in [-0.39, 0.29) is 13.0 Å². The zero-order valence-corrected chi connectivity index (χ0v) is 24.7. The predicted octanol–water partition coefficient (Wildman–Crippen LogP) is 8.39. The minimum Gasteiger partial charge on any atom is -0.477 e. The molecule has 3 rings (SSSR count). The Morgan fingerprint density at radius 3 is 2.29 bits per heavy atom. The second-order valence-corrected chi connectivity index (χ2v) is 10.6. The number of allylic oxidation sites excluding steroid dienone is 1. The van der Waals surface area contributed by atoms with Crippen molar-refractivity contribution in [2.45, 2.75) is 70.2 Å². The van der Waals surface area contributed by atoms with Crippen molar-refractivity contribution in [3.63, 3.8) is 0 Å². The molecule has 244 valence electrons. The molecule has 0 fully saturated rings. The molecule has 0 unspecified atom stereocenters. The van der Waals surface area contributed by atoms with Gasteiger partial charge in [0.25, 0.3) is 11.8 Å². The summed E-state index contributed by atoms with van der Waals surface area (Å²) in [7, 11) is 0. The molecular weight excluding hydrogens is 610 g/mol. The summed E-state index contributed by atoms with van der Waals surface area (Å²) in [5, 5.41) is 9.36. The van der Waals surface area contributed by atoms with Gasteiger partial charge < -0.3 is 18.6 Å². The number of ether oxygens (including phenoxy) is 3. The molecule has 0 aliphatic carbocycles. The molecule has 0 saturated carbocycles. The molecule has 0 radical (unpaired) electrons. The summed E-state index contributed by atoms with van der Waals surface area (Å²) in [6, 6.07) is 8.48. The minimum absolute atomic E-state index is 0.209. The number of anilines is 1. The number of carbonyl (C=O) groups is 1. The number of unbranched alkanes of at least 4 members (excludes halogenated alkanes) is 1. The van der Waals surface area contributed by atoms with Crippen molar-refractivity contribution in [3.8, 4) is 17.5 Å². The van der Waals surface area contributed by atoms with Crippen LogP contribution >= 0.6 is 0 Å². The Morgan fingerprint density at radius 2 is 1.71 bits per heavy atom. The van der Waals surface area contributed by atoms with E-state index in [0.717, 1.165) is 6.08 Å². The highest BCUT2D eigenvalue weighted by Crippen LogP contribution is 2.47. The number of rotatable bonds is 13. The molecule has 2 heterocycles. The van der Waals surface area contributed by atoms with Crippen LogP contribution in [0.1, 0.15) is 57.1 Å². The number of nitrogens with one attached hydrogen (secondary N) is 1. The predicted molar refractivity (Wildman–Crippen MR) is 151 cm³/mol. The number of nitrogens with zero attached hydrogens (tertiary/aromatic N) is 3. The van der Waals surface area contributed by atoms with Crippen molar-refractivity contribution in [1.29, 1.82) is 0 Å². The molecule has 1 aromatic carbocycles. The van der Waals surface area contributed by atoms with E-state index < -0.39 is 77.3 Å². The molecule has 1 atom stereocenters. The topological polar surface area (TPSA) is 109 Å². The van der Waals surface area contributed by atoms with Gasteiger partial charge in [0.05, 0.1) is 18.9 Å². The minimum atomic E-state index is -5.12. The molecule has 9 nitrogen and oxygen atoms in total. The van der Waals surface area contributed by atoms with Crippen molar-refractivity contribution in [2.75, 3.05) is 11.9 Å². The first-order valence-electron chi connectivity index (χ1n) is 13.6. The van der Waals surface area contributed by atoms with Crippen LogP contribution in [-0.2, 0) is 27.9 Å². The Bertz CT molecular complexity index is 1470. The number of hydrogen-bond donors (Lipinski definition) is 1. The molecule has 2 aromatic heterocycles. The molecule has 0 saturated heterocycles. The Labute approximate surface area is 255 Å². The average Bonchev–Trinajstić information content (AvgIpc) is 3.42. The van der Waals surface area contributed by atoms with E-state index in [1.807, 2.05) is 0 Å². The number of carbonyl (C=O) groups excluding carboxylic acids is 1. The van der Waals surface area contributed by atoms with Crippen molar-refractivity contribution in [1.82, 2.24) is 15.2 Å². The van der Waals surface area contributed by atoms with Gasteiger partial charge in [0.1, 0.15) is 11.2 Å². The third-order valence-corrected chi connectivity index (χ3v) is 5.91. The van der Waals surface area contributed by atoms with Gasteiger partial charge in [-0.25, -0.2) is 9.78 Å². The molecule has 3 aromatic rings. The first-order chi connectivity index (χ1) is 21.0. The lowest BCUT2D eigenvalue weighted by atomic mass is 9.98. The normalized spacial score (nSPS) is 13.5. The molecule has 0 spiro atoms. The summed E-state index contributed by atoms with van der Waals surface area (Å²) < 4.78 is 107. The summed E-state index contributed by atoms with van der Waals surface area (Å²) in [5.74, 6) is -2.76. The van der Waals surface area contributed by atoms with Crippen molar-refractivity contribution in [3.05, 3.63) is 78.7 Å². The van der Waals surface area contributed by atoms with Crippen LogP contribution in [0.25, 0.3) is 11.6 Å². The monoisotopic (exact) mass is 642 g/mol. The lowest BCUT2D eigenvalue weighted by Gasteiger charge is -2.31. The van der Waals surface area contributed by atoms with E-state index >= 15 is 0 Å². The molecular formula is C30H32F6N4O5. The van der Waals surface area contributed by atoms with Gasteiger partial charge in [0.15, 0.2) is 5.69 Å². The van der Waals surface area contributed by atoms with Crippen LogP contribution in [-0.4, -0.2) is 39.7 Å². The summed E-state index contributed by atoms with van der Waals surface area (Å²) in [5.41, 5.74) is -6.46. The fraction of sp³-hybridized carbons (Fsp3) is 0.400. The summed E-state index contributed by atoms with van der Waals surface area (Å²) in [6.07, 6.45) is -8.97. The van der Waals surface area contributed by atoms with Gasteiger partial charge in [-0.2, -0.15) is 26.3 Å². The number of hydrogen-bond acceptors (Lipinski definition) is 8. The van der Waals surface area contributed by atoms with Crippen molar-refractivity contribution >= 4 is 11.8 Å². The van der Waals surface area contributed by atoms with Crippen LogP contribution in [0, 0.1) is 0 Å². The number of amides is 1. The van der Waals surface area contributed by atoms with Gasteiger partial charge in [-0.05, 0) is 45.2 Å². The van der Waals surface area contributed by atoms with Gasteiger partial charge >= 0.3 is 18.4 Å². The smallest absolute Gasteiger partial charge is 0.426 e. The maximum Gasteiger partial charge on any atom is 0.426 e.